The average Bonchev–Trinajstić information content (AvgIpc) is 3.12. The monoisotopic (exact) mass is 352 g/mol. The SMILES string of the molecule is COc1ccc(C(=O)NCc2cncc(-c3cnn(C)c3)c2)cc1OC. The Hall–Kier alpha value is -3.35. The molecule has 3 rings (SSSR count). The summed E-state index contributed by atoms with van der Waals surface area (Å²) in [5.74, 6) is 0.899. The highest BCUT2D eigenvalue weighted by Gasteiger charge is 2.11. The van der Waals surface area contributed by atoms with Crippen molar-refractivity contribution in [3.05, 3.63) is 60.2 Å². The standard InChI is InChI=1S/C19H20N4O3/c1-23-12-16(11-22-23)15-6-13(8-20-10-15)9-21-19(24)14-4-5-17(25-2)18(7-14)26-3/h4-8,10-12H,9H2,1-3H3,(H,21,24). The summed E-state index contributed by atoms with van der Waals surface area (Å²) in [6.45, 7) is 0.369. The molecule has 0 atom stereocenters. The molecule has 26 heavy (non-hydrogen) atoms. The van der Waals surface area contributed by atoms with Crippen molar-refractivity contribution in [2.45, 2.75) is 6.54 Å². The fourth-order valence-electron chi connectivity index (χ4n) is 2.57. The number of benzene rings is 1. The minimum absolute atomic E-state index is 0.197. The van der Waals surface area contributed by atoms with Gasteiger partial charge in [-0.05, 0) is 29.8 Å². The van der Waals surface area contributed by atoms with Crippen molar-refractivity contribution in [2.75, 3.05) is 14.2 Å². The number of hydrogen-bond donors (Lipinski definition) is 1. The van der Waals surface area contributed by atoms with Crippen molar-refractivity contribution >= 4 is 5.91 Å². The maximum atomic E-state index is 12.4. The van der Waals surface area contributed by atoms with Crippen LogP contribution in [-0.2, 0) is 13.6 Å². The molecule has 0 radical (unpaired) electrons. The highest BCUT2D eigenvalue weighted by Crippen LogP contribution is 2.27. The molecule has 0 fully saturated rings. The van der Waals surface area contributed by atoms with Crippen LogP contribution in [0.25, 0.3) is 11.1 Å². The van der Waals surface area contributed by atoms with Crippen LogP contribution in [0, 0.1) is 0 Å². The molecule has 0 saturated carbocycles. The van der Waals surface area contributed by atoms with Gasteiger partial charge in [0.05, 0.1) is 20.4 Å². The minimum atomic E-state index is -0.197. The van der Waals surface area contributed by atoms with Gasteiger partial charge in [-0.2, -0.15) is 5.10 Å². The number of amides is 1. The molecule has 0 aliphatic rings. The Balaban J connectivity index is 1.70. The van der Waals surface area contributed by atoms with Crippen LogP contribution in [0.1, 0.15) is 15.9 Å². The second-order valence-corrected chi connectivity index (χ2v) is 5.74. The maximum Gasteiger partial charge on any atom is 0.251 e. The van der Waals surface area contributed by atoms with Crippen LogP contribution in [0.4, 0.5) is 0 Å². The van der Waals surface area contributed by atoms with E-state index in [1.165, 1.54) is 7.11 Å². The number of aryl methyl sites for hydroxylation is 1. The highest BCUT2D eigenvalue weighted by molar-refractivity contribution is 5.94. The van der Waals surface area contributed by atoms with Crippen molar-refractivity contribution in [1.82, 2.24) is 20.1 Å². The lowest BCUT2D eigenvalue weighted by atomic mass is 10.1. The number of nitrogens with one attached hydrogen (secondary N) is 1. The summed E-state index contributed by atoms with van der Waals surface area (Å²) in [5.41, 5.74) is 3.34. The molecule has 0 spiro atoms. The Morgan fingerprint density at radius 1 is 1.08 bits per heavy atom. The number of rotatable bonds is 6. The van der Waals surface area contributed by atoms with E-state index in [4.69, 9.17) is 9.47 Å². The molecule has 7 heteroatoms. The summed E-state index contributed by atoms with van der Waals surface area (Å²) >= 11 is 0. The van der Waals surface area contributed by atoms with Crippen LogP contribution < -0.4 is 14.8 Å². The zero-order valence-corrected chi connectivity index (χ0v) is 14.9. The van der Waals surface area contributed by atoms with Gasteiger partial charge in [-0.1, -0.05) is 0 Å². The van der Waals surface area contributed by atoms with E-state index in [-0.39, 0.29) is 5.91 Å². The number of ether oxygens (including phenoxy) is 2. The maximum absolute atomic E-state index is 12.4. The van der Waals surface area contributed by atoms with E-state index in [0.717, 1.165) is 16.7 Å². The predicted octanol–water partition coefficient (Wildman–Crippen LogP) is 2.43. The lowest BCUT2D eigenvalue weighted by Crippen LogP contribution is -2.22. The molecule has 0 saturated heterocycles. The average molecular weight is 352 g/mol. The lowest BCUT2D eigenvalue weighted by molar-refractivity contribution is 0.0950. The quantitative estimate of drug-likeness (QED) is 0.737. The van der Waals surface area contributed by atoms with Crippen LogP contribution >= 0.6 is 0 Å². The topological polar surface area (TPSA) is 78.3 Å². The third-order valence-corrected chi connectivity index (χ3v) is 3.93. The number of carbonyl (C=O) groups is 1. The van der Waals surface area contributed by atoms with E-state index in [2.05, 4.69) is 15.4 Å². The highest BCUT2D eigenvalue weighted by atomic mass is 16.5. The third-order valence-electron chi connectivity index (χ3n) is 3.93. The molecule has 2 aromatic heterocycles. The first-order valence-corrected chi connectivity index (χ1v) is 8.04. The van der Waals surface area contributed by atoms with E-state index >= 15 is 0 Å². The first kappa shape index (κ1) is 17.5. The fraction of sp³-hybridized carbons (Fsp3) is 0.211. The summed E-state index contributed by atoms with van der Waals surface area (Å²) < 4.78 is 12.2. The smallest absolute Gasteiger partial charge is 0.251 e. The van der Waals surface area contributed by atoms with Crippen LogP contribution in [0.2, 0.25) is 0 Å². The summed E-state index contributed by atoms with van der Waals surface area (Å²) in [7, 11) is 4.96. The second kappa shape index (κ2) is 7.69. The third kappa shape index (κ3) is 3.83. The van der Waals surface area contributed by atoms with Gasteiger partial charge in [-0.25, -0.2) is 0 Å². The van der Waals surface area contributed by atoms with Crippen LogP contribution in [0.3, 0.4) is 0 Å². The number of hydrogen-bond acceptors (Lipinski definition) is 5. The van der Waals surface area contributed by atoms with Gasteiger partial charge < -0.3 is 14.8 Å². The van der Waals surface area contributed by atoms with Crippen LogP contribution in [0.15, 0.2) is 49.1 Å². The molecule has 1 N–H and O–H groups in total. The Bertz CT molecular complexity index is 921. The van der Waals surface area contributed by atoms with Gasteiger partial charge in [0, 0.05) is 48.9 Å². The van der Waals surface area contributed by atoms with Crippen molar-refractivity contribution < 1.29 is 14.3 Å². The zero-order chi connectivity index (χ0) is 18.5. The molecule has 2 heterocycles. The second-order valence-electron chi connectivity index (χ2n) is 5.74. The first-order chi connectivity index (χ1) is 12.6. The molecule has 7 nitrogen and oxygen atoms in total. The van der Waals surface area contributed by atoms with Gasteiger partial charge in [0.15, 0.2) is 11.5 Å². The molecule has 134 valence electrons. The first-order valence-electron chi connectivity index (χ1n) is 8.04. The van der Waals surface area contributed by atoms with E-state index in [1.54, 1.807) is 48.6 Å². The van der Waals surface area contributed by atoms with Gasteiger partial charge >= 0.3 is 0 Å². The Kier molecular flexibility index (Phi) is 5.17. The van der Waals surface area contributed by atoms with Gasteiger partial charge in [0.1, 0.15) is 0 Å². The number of nitrogens with zero attached hydrogens (tertiary/aromatic N) is 3. The molecule has 0 unspecified atom stereocenters. The Morgan fingerprint density at radius 2 is 1.88 bits per heavy atom. The number of methoxy groups -OCH3 is 2. The molecule has 0 bridgehead atoms. The molecule has 0 aliphatic heterocycles. The molecular formula is C19H20N4O3. The normalized spacial score (nSPS) is 10.4. The summed E-state index contributed by atoms with van der Waals surface area (Å²) in [5, 5.41) is 7.06. The van der Waals surface area contributed by atoms with E-state index in [9.17, 15) is 4.79 Å². The predicted molar refractivity (Wildman–Crippen MR) is 97.2 cm³/mol. The van der Waals surface area contributed by atoms with Crippen molar-refractivity contribution in [3.63, 3.8) is 0 Å². The molecule has 0 aliphatic carbocycles. The van der Waals surface area contributed by atoms with E-state index < -0.39 is 0 Å². The minimum Gasteiger partial charge on any atom is -0.493 e. The summed E-state index contributed by atoms with van der Waals surface area (Å²) in [6, 6.07) is 7.04. The molecule has 1 amide bonds. The van der Waals surface area contributed by atoms with Crippen molar-refractivity contribution in [2.24, 2.45) is 7.05 Å². The Morgan fingerprint density at radius 3 is 2.58 bits per heavy atom. The molecule has 3 aromatic rings. The number of aromatic nitrogens is 3. The number of carbonyl (C=O) groups excluding carboxylic acids is 1. The lowest BCUT2D eigenvalue weighted by Gasteiger charge is -2.10. The van der Waals surface area contributed by atoms with Crippen molar-refractivity contribution in [1.29, 1.82) is 0 Å². The van der Waals surface area contributed by atoms with Crippen molar-refractivity contribution in [3.8, 4) is 22.6 Å². The fourth-order valence-corrected chi connectivity index (χ4v) is 2.57. The van der Waals surface area contributed by atoms with Gasteiger partial charge in [0.2, 0.25) is 0 Å². The summed E-state index contributed by atoms with van der Waals surface area (Å²) in [6.07, 6.45) is 7.21. The summed E-state index contributed by atoms with van der Waals surface area (Å²) in [4.78, 5) is 16.6. The Labute approximate surface area is 151 Å². The van der Waals surface area contributed by atoms with Gasteiger partial charge in [-0.3, -0.25) is 14.5 Å². The van der Waals surface area contributed by atoms with E-state index in [1.807, 2.05) is 19.3 Å². The van der Waals surface area contributed by atoms with Crippen LogP contribution in [0.5, 0.6) is 11.5 Å². The molecular weight excluding hydrogens is 332 g/mol. The van der Waals surface area contributed by atoms with Gasteiger partial charge in [0.25, 0.3) is 5.91 Å². The van der Waals surface area contributed by atoms with Crippen LogP contribution in [-0.4, -0.2) is 34.9 Å². The molecule has 1 aromatic carbocycles. The largest absolute Gasteiger partial charge is 0.493 e. The van der Waals surface area contributed by atoms with Gasteiger partial charge in [-0.15, -0.1) is 0 Å². The number of pyridine rings is 1. The van der Waals surface area contributed by atoms with E-state index in [0.29, 0.717) is 23.6 Å². The zero-order valence-electron chi connectivity index (χ0n) is 14.9.